The maximum Gasteiger partial charge on any atom is 0.254 e. The number of hydrogen-bond acceptors (Lipinski definition) is 4. The Morgan fingerprint density at radius 3 is 2.95 bits per heavy atom. The summed E-state index contributed by atoms with van der Waals surface area (Å²) in [6.45, 7) is 7.64. The van der Waals surface area contributed by atoms with Crippen LogP contribution < -0.4 is 5.32 Å². The quantitative estimate of drug-likeness (QED) is 0.871. The normalized spacial score (nSPS) is 21.6. The van der Waals surface area contributed by atoms with E-state index >= 15 is 0 Å². The van der Waals surface area contributed by atoms with Gasteiger partial charge in [0.25, 0.3) is 5.91 Å². The first-order valence-corrected chi connectivity index (χ1v) is 7.71. The van der Waals surface area contributed by atoms with Gasteiger partial charge in [-0.3, -0.25) is 4.79 Å². The number of aryl methyl sites for hydroxylation is 1. The van der Waals surface area contributed by atoms with E-state index in [0.29, 0.717) is 18.0 Å². The molecule has 116 valence electrons. The van der Waals surface area contributed by atoms with E-state index in [1.807, 2.05) is 19.1 Å². The van der Waals surface area contributed by atoms with Crippen molar-refractivity contribution in [1.82, 2.24) is 9.88 Å². The fourth-order valence-corrected chi connectivity index (χ4v) is 2.84. The van der Waals surface area contributed by atoms with Gasteiger partial charge in [-0.25, -0.2) is 4.98 Å². The lowest BCUT2D eigenvalue weighted by atomic mass is 10.0. The summed E-state index contributed by atoms with van der Waals surface area (Å²) >= 11 is 0. The van der Waals surface area contributed by atoms with E-state index in [1.165, 1.54) is 0 Å². The zero-order valence-electron chi connectivity index (χ0n) is 13.1. The van der Waals surface area contributed by atoms with Crippen LogP contribution in [-0.4, -0.2) is 46.6 Å². The summed E-state index contributed by atoms with van der Waals surface area (Å²) in [7, 11) is 0. The molecule has 2 rings (SSSR count). The van der Waals surface area contributed by atoms with Gasteiger partial charge in [-0.2, -0.15) is 0 Å². The molecule has 5 heteroatoms. The van der Waals surface area contributed by atoms with Crippen molar-refractivity contribution in [2.24, 2.45) is 5.92 Å². The van der Waals surface area contributed by atoms with Crippen LogP contribution in [0.3, 0.4) is 0 Å². The molecule has 0 saturated carbocycles. The Bertz CT molecular complexity index is 504. The minimum atomic E-state index is -0.0713. The minimum Gasteiger partial charge on any atom is -0.394 e. The summed E-state index contributed by atoms with van der Waals surface area (Å²) < 4.78 is 0. The molecule has 1 saturated heterocycles. The molecule has 1 aromatic rings. The summed E-state index contributed by atoms with van der Waals surface area (Å²) in [5, 5.41) is 12.7. The molecule has 0 bridgehead atoms. The third kappa shape index (κ3) is 3.53. The molecule has 1 aliphatic rings. The molecule has 2 heterocycles. The molecule has 5 nitrogen and oxygen atoms in total. The highest BCUT2D eigenvalue weighted by Crippen LogP contribution is 2.26. The highest BCUT2D eigenvalue weighted by Gasteiger charge is 2.34. The standard InChI is InChI=1S/C16H25N3O2/c1-4-6-17-15-9-13(8-12(3)18-15)16(21)19-7-5-11(2)14(19)10-20/h8-9,11,14,20H,4-7,10H2,1-3H3,(H,17,18). The fraction of sp³-hybridized carbons (Fsp3) is 0.625. The number of anilines is 1. The second-order valence-corrected chi connectivity index (χ2v) is 5.82. The molecule has 1 aromatic heterocycles. The third-order valence-electron chi connectivity index (χ3n) is 4.09. The fourth-order valence-electron chi connectivity index (χ4n) is 2.84. The molecule has 2 atom stereocenters. The highest BCUT2D eigenvalue weighted by atomic mass is 16.3. The van der Waals surface area contributed by atoms with Crippen LogP contribution in [0, 0.1) is 12.8 Å². The average molecular weight is 291 g/mol. The van der Waals surface area contributed by atoms with E-state index in [9.17, 15) is 9.90 Å². The van der Waals surface area contributed by atoms with Gasteiger partial charge in [0.2, 0.25) is 0 Å². The molecule has 0 aliphatic carbocycles. The molecule has 1 fully saturated rings. The Balaban J connectivity index is 2.20. The molecule has 2 N–H and O–H groups in total. The van der Waals surface area contributed by atoms with Crippen molar-refractivity contribution in [3.63, 3.8) is 0 Å². The number of pyridine rings is 1. The van der Waals surface area contributed by atoms with Crippen LogP contribution in [0.1, 0.15) is 42.7 Å². The summed E-state index contributed by atoms with van der Waals surface area (Å²) in [4.78, 5) is 18.9. The number of carbonyl (C=O) groups is 1. The van der Waals surface area contributed by atoms with Gasteiger partial charge in [0.15, 0.2) is 0 Å². The Morgan fingerprint density at radius 2 is 2.29 bits per heavy atom. The summed E-state index contributed by atoms with van der Waals surface area (Å²) in [5.74, 6) is 1.08. The van der Waals surface area contributed by atoms with E-state index < -0.39 is 0 Å². The van der Waals surface area contributed by atoms with Gasteiger partial charge in [-0.05, 0) is 37.8 Å². The van der Waals surface area contributed by atoms with Gasteiger partial charge >= 0.3 is 0 Å². The number of rotatable bonds is 5. The molecule has 1 amide bonds. The third-order valence-corrected chi connectivity index (χ3v) is 4.09. The number of likely N-dealkylation sites (tertiary alicyclic amines) is 1. The first kappa shape index (κ1) is 15.8. The van der Waals surface area contributed by atoms with Gasteiger partial charge in [-0.1, -0.05) is 13.8 Å². The van der Waals surface area contributed by atoms with Crippen LogP contribution in [0.5, 0.6) is 0 Å². The van der Waals surface area contributed by atoms with Gasteiger partial charge in [0.1, 0.15) is 5.82 Å². The zero-order valence-corrected chi connectivity index (χ0v) is 13.1. The van der Waals surface area contributed by atoms with Gasteiger partial charge < -0.3 is 15.3 Å². The lowest BCUT2D eigenvalue weighted by Crippen LogP contribution is -2.39. The van der Waals surface area contributed by atoms with Crippen molar-refractivity contribution in [2.45, 2.75) is 39.7 Å². The van der Waals surface area contributed by atoms with Crippen LogP contribution in [0.2, 0.25) is 0 Å². The smallest absolute Gasteiger partial charge is 0.254 e. The maximum absolute atomic E-state index is 12.7. The molecule has 0 radical (unpaired) electrons. The number of nitrogens with zero attached hydrogens (tertiary/aromatic N) is 2. The number of aliphatic hydroxyl groups excluding tert-OH is 1. The Hall–Kier alpha value is -1.62. The first-order chi connectivity index (χ1) is 10.1. The van der Waals surface area contributed by atoms with E-state index in [0.717, 1.165) is 30.9 Å². The van der Waals surface area contributed by atoms with E-state index in [1.54, 1.807) is 4.90 Å². The average Bonchev–Trinajstić information content (AvgIpc) is 2.84. The summed E-state index contributed by atoms with van der Waals surface area (Å²) in [6.07, 6.45) is 1.96. The van der Waals surface area contributed by atoms with E-state index in [4.69, 9.17) is 0 Å². The van der Waals surface area contributed by atoms with Crippen molar-refractivity contribution in [3.8, 4) is 0 Å². The topological polar surface area (TPSA) is 65.5 Å². The number of aliphatic hydroxyl groups is 1. The molecule has 2 unspecified atom stereocenters. The number of amides is 1. The predicted molar refractivity (Wildman–Crippen MR) is 83.4 cm³/mol. The number of carbonyl (C=O) groups excluding carboxylic acids is 1. The number of nitrogens with one attached hydrogen (secondary N) is 1. The van der Waals surface area contributed by atoms with E-state index in [2.05, 4.69) is 24.1 Å². The van der Waals surface area contributed by atoms with E-state index in [-0.39, 0.29) is 18.6 Å². The lowest BCUT2D eigenvalue weighted by Gasteiger charge is -2.25. The molecule has 1 aliphatic heterocycles. The Labute approximate surface area is 126 Å². The molecule has 21 heavy (non-hydrogen) atoms. The second-order valence-electron chi connectivity index (χ2n) is 5.82. The van der Waals surface area contributed by atoms with Crippen LogP contribution >= 0.6 is 0 Å². The van der Waals surface area contributed by atoms with Crippen LogP contribution in [0.25, 0.3) is 0 Å². The lowest BCUT2D eigenvalue weighted by molar-refractivity contribution is 0.0648. The molecular formula is C16H25N3O2. The van der Waals surface area contributed by atoms with Crippen LogP contribution in [-0.2, 0) is 0 Å². The monoisotopic (exact) mass is 291 g/mol. The first-order valence-electron chi connectivity index (χ1n) is 7.71. The maximum atomic E-state index is 12.7. The SMILES string of the molecule is CCCNc1cc(C(=O)N2CCC(C)C2CO)cc(C)n1. The summed E-state index contributed by atoms with van der Waals surface area (Å²) in [6, 6.07) is 3.55. The van der Waals surface area contributed by atoms with Gasteiger partial charge in [-0.15, -0.1) is 0 Å². The Kier molecular flexibility index (Phi) is 5.17. The summed E-state index contributed by atoms with van der Waals surface area (Å²) in [5.41, 5.74) is 1.47. The second kappa shape index (κ2) is 6.89. The Morgan fingerprint density at radius 1 is 1.52 bits per heavy atom. The number of aromatic nitrogens is 1. The van der Waals surface area contributed by atoms with Crippen molar-refractivity contribution in [2.75, 3.05) is 25.0 Å². The molecular weight excluding hydrogens is 266 g/mol. The van der Waals surface area contributed by atoms with Crippen molar-refractivity contribution >= 4 is 11.7 Å². The van der Waals surface area contributed by atoms with Crippen molar-refractivity contribution in [3.05, 3.63) is 23.4 Å². The highest BCUT2D eigenvalue weighted by molar-refractivity contribution is 5.95. The van der Waals surface area contributed by atoms with Crippen LogP contribution in [0.4, 0.5) is 5.82 Å². The largest absolute Gasteiger partial charge is 0.394 e. The number of hydrogen-bond donors (Lipinski definition) is 2. The van der Waals surface area contributed by atoms with Gasteiger partial charge in [0, 0.05) is 24.3 Å². The predicted octanol–water partition coefficient (Wildman–Crippen LogP) is 2.05. The van der Waals surface area contributed by atoms with Gasteiger partial charge in [0.05, 0.1) is 12.6 Å². The zero-order chi connectivity index (χ0) is 15.4. The van der Waals surface area contributed by atoms with Crippen molar-refractivity contribution < 1.29 is 9.90 Å². The minimum absolute atomic E-state index is 0.0107. The molecule has 0 aromatic carbocycles. The van der Waals surface area contributed by atoms with Crippen molar-refractivity contribution in [1.29, 1.82) is 0 Å². The van der Waals surface area contributed by atoms with Crippen LogP contribution in [0.15, 0.2) is 12.1 Å². The molecule has 0 spiro atoms.